The summed E-state index contributed by atoms with van der Waals surface area (Å²) in [6, 6.07) is 30.9. The molecule has 374 valence electrons. The Morgan fingerprint density at radius 1 is 0.463 bits per heavy atom. The van der Waals surface area contributed by atoms with Crippen LogP contribution in [-0.4, -0.2) is 131 Å². The van der Waals surface area contributed by atoms with Gasteiger partial charge < -0.3 is 48.3 Å². The number of amides is 1. The summed E-state index contributed by atoms with van der Waals surface area (Å²) in [6.07, 6.45) is 12.2. The zero-order valence-electron chi connectivity index (χ0n) is 40.4. The van der Waals surface area contributed by atoms with E-state index in [-0.39, 0.29) is 25.4 Å². The summed E-state index contributed by atoms with van der Waals surface area (Å²) in [5.41, 5.74) is 2.35. The lowest BCUT2D eigenvalue weighted by atomic mass is 9.80. The van der Waals surface area contributed by atoms with Gasteiger partial charge in [-0.1, -0.05) is 156 Å². The molecule has 0 bridgehead atoms. The predicted octanol–water partition coefficient (Wildman–Crippen LogP) is 9.72. The highest BCUT2D eigenvalue weighted by molar-refractivity contribution is 5.81. The molecule has 0 aliphatic carbocycles. The first-order valence-corrected chi connectivity index (χ1v) is 24.9. The highest BCUT2D eigenvalue weighted by Crippen LogP contribution is 2.40. The molecule has 2 N–H and O–H groups in total. The van der Waals surface area contributed by atoms with Gasteiger partial charge in [0.2, 0.25) is 0 Å². The van der Waals surface area contributed by atoms with Crippen LogP contribution in [-0.2, 0) is 53.1 Å². The molecule has 0 heterocycles. The smallest absolute Gasteiger partial charge is 0.303 e. The number of carbonyl (C=O) groups excluding carboxylic acids is 1. The van der Waals surface area contributed by atoms with Gasteiger partial charge in [0.05, 0.1) is 66.1 Å². The Balaban J connectivity index is 1.37. The molecule has 0 saturated heterocycles. The number of rotatable bonds is 44. The third-order valence-corrected chi connectivity index (χ3v) is 11.4. The summed E-state index contributed by atoms with van der Waals surface area (Å²) >= 11 is 0. The van der Waals surface area contributed by atoms with Crippen molar-refractivity contribution in [3.8, 4) is 0 Å². The molecule has 3 aromatic rings. The molecule has 0 aromatic heterocycles. The van der Waals surface area contributed by atoms with Crippen LogP contribution in [0.4, 0.5) is 0 Å². The molecular formula is C54H81NO12. The molecular weight excluding hydrogens is 855 g/mol. The molecule has 0 fully saturated rings. The predicted molar refractivity (Wildman–Crippen MR) is 260 cm³/mol. The molecule has 0 aliphatic heterocycles. The summed E-state index contributed by atoms with van der Waals surface area (Å²) in [6.45, 7) is 7.85. The molecule has 0 aliphatic rings. The zero-order valence-corrected chi connectivity index (χ0v) is 40.4. The molecule has 67 heavy (non-hydrogen) atoms. The van der Waals surface area contributed by atoms with E-state index in [2.05, 4.69) is 43.3 Å². The maximum atomic E-state index is 14.0. The number of unbranched alkanes of at least 4 members (excludes halogenated alkanes) is 11. The van der Waals surface area contributed by atoms with Crippen LogP contribution in [0.2, 0.25) is 0 Å². The van der Waals surface area contributed by atoms with Crippen LogP contribution >= 0.6 is 0 Å². The van der Waals surface area contributed by atoms with Crippen LogP contribution in [0.1, 0.15) is 126 Å². The second-order valence-corrected chi connectivity index (χ2v) is 16.7. The average Bonchev–Trinajstić information content (AvgIpc) is 3.34. The standard InChI is InChI=1S/C54H81NO12/c1-2-3-4-5-8-22-33-55(53(60)50(66-36-24-10-7-21-32-52(58)59)46-65-35-23-9-6-20-31-51(56)57)34-37-61-38-39-62-40-41-63-42-43-64-44-45-67-54(47-25-14-11-15-26-47,48-27-16-12-17-28-48)49-29-18-13-19-30-49/h11-19,25-30,50H,2-10,20-24,31-46H2,1H3,(H,56,57)(H,58,59). The largest absolute Gasteiger partial charge is 0.481 e. The second-order valence-electron chi connectivity index (χ2n) is 16.7. The third kappa shape index (κ3) is 25.1. The number of benzene rings is 3. The van der Waals surface area contributed by atoms with Crippen molar-refractivity contribution in [1.82, 2.24) is 4.90 Å². The summed E-state index contributed by atoms with van der Waals surface area (Å²) < 4.78 is 42.2. The maximum Gasteiger partial charge on any atom is 0.303 e. The molecule has 1 atom stereocenters. The van der Waals surface area contributed by atoms with Crippen molar-refractivity contribution < 1.29 is 57.8 Å². The number of carboxylic acids is 2. The van der Waals surface area contributed by atoms with Gasteiger partial charge in [-0.05, 0) is 48.8 Å². The molecule has 1 unspecified atom stereocenters. The number of carbonyl (C=O) groups is 3. The van der Waals surface area contributed by atoms with E-state index in [1.165, 1.54) is 19.3 Å². The van der Waals surface area contributed by atoms with E-state index in [9.17, 15) is 14.4 Å². The minimum absolute atomic E-state index is 0.117. The minimum Gasteiger partial charge on any atom is -0.481 e. The number of hydrogen-bond acceptors (Lipinski definition) is 10. The van der Waals surface area contributed by atoms with E-state index in [0.29, 0.717) is 98.6 Å². The molecule has 3 rings (SSSR count). The van der Waals surface area contributed by atoms with Gasteiger partial charge in [0.1, 0.15) is 5.60 Å². The highest BCUT2D eigenvalue weighted by atomic mass is 16.6. The normalized spacial score (nSPS) is 12.0. The Kier molecular flexibility index (Phi) is 32.2. The summed E-state index contributed by atoms with van der Waals surface area (Å²) in [4.78, 5) is 37.5. The second kappa shape index (κ2) is 37.7. The molecule has 3 aromatic carbocycles. The molecule has 0 saturated carbocycles. The summed E-state index contributed by atoms with van der Waals surface area (Å²) in [7, 11) is 0. The quantitative estimate of drug-likeness (QED) is 0.0409. The van der Waals surface area contributed by atoms with Gasteiger partial charge in [0.15, 0.2) is 6.10 Å². The van der Waals surface area contributed by atoms with Crippen molar-refractivity contribution in [2.45, 2.75) is 121 Å². The lowest BCUT2D eigenvalue weighted by Crippen LogP contribution is -2.45. The van der Waals surface area contributed by atoms with Gasteiger partial charge in [0, 0.05) is 39.1 Å². The Morgan fingerprint density at radius 3 is 1.37 bits per heavy atom. The van der Waals surface area contributed by atoms with E-state index < -0.39 is 23.6 Å². The molecule has 0 spiro atoms. The fourth-order valence-corrected chi connectivity index (χ4v) is 7.75. The van der Waals surface area contributed by atoms with Crippen molar-refractivity contribution in [3.63, 3.8) is 0 Å². The first-order valence-electron chi connectivity index (χ1n) is 24.9. The van der Waals surface area contributed by atoms with E-state index in [0.717, 1.165) is 74.5 Å². The maximum absolute atomic E-state index is 14.0. The van der Waals surface area contributed by atoms with Gasteiger partial charge in [-0.3, -0.25) is 14.4 Å². The van der Waals surface area contributed by atoms with Crippen molar-refractivity contribution in [3.05, 3.63) is 108 Å². The molecule has 13 heteroatoms. The zero-order chi connectivity index (χ0) is 47.9. The van der Waals surface area contributed by atoms with E-state index >= 15 is 0 Å². The highest BCUT2D eigenvalue weighted by Gasteiger charge is 2.37. The van der Waals surface area contributed by atoms with Crippen LogP contribution < -0.4 is 0 Å². The van der Waals surface area contributed by atoms with Gasteiger partial charge in [-0.2, -0.15) is 0 Å². The monoisotopic (exact) mass is 936 g/mol. The van der Waals surface area contributed by atoms with Gasteiger partial charge in [0.25, 0.3) is 5.91 Å². The first-order chi connectivity index (χ1) is 32.9. The topological polar surface area (TPSA) is 160 Å². The van der Waals surface area contributed by atoms with E-state index in [4.69, 9.17) is 43.4 Å². The number of carboxylic acid groups (broad SMARTS) is 2. The van der Waals surface area contributed by atoms with Crippen LogP contribution in [0.5, 0.6) is 0 Å². The Hall–Kier alpha value is -4.21. The fourth-order valence-electron chi connectivity index (χ4n) is 7.75. The summed E-state index contributed by atoms with van der Waals surface area (Å²) in [5.74, 6) is -1.69. The van der Waals surface area contributed by atoms with Crippen molar-refractivity contribution in [1.29, 1.82) is 0 Å². The minimum atomic E-state index is -0.793. The lowest BCUT2D eigenvalue weighted by molar-refractivity contribution is -0.149. The summed E-state index contributed by atoms with van der Waals surface area (Å²) in [5, 5.41) is 17.8. The Morgan fingerprint density at radius 2 is 0.881 bits per heavy atom. The fraction of sp³-hybridized carbons (Fsp3) is 0.611. The van der Waals surface area contributed by atoms with Gasteiger partial charge in [-0.15, -0.1) is 0 Å². The van der Waals surface area contributed by atoms with Gasteiger partial charge >= 0.3 is 11.9 Å². The Bertz CT molecular complexity index is 1570. The molecule has 0 radical (unpaired) electrons. The molecule has 1 amide bonds. The number of nitrogens with zero attached hydrogens (tertiary/aromatic N) is 1. The van der Waals surface area contributed by atoms with Crippen molar-refractivity contribution >= 4 is 17.8 Å². The Labute approximate surface area is 400 Å². The van der Waals surface area contributed by atoms with Crippen LogP contribution in [0.15, 0.2) is 91.0 Å². The number of hydrogen-bond donors (Lipinski definition) is 2. The first kappa shape index (κ1) is 57.1. The van der Waals surface area contributed by atoms with Crippen molar-refractivity contribution in [2.75, 3.05) is 92.4 Å². The van der Waals surface area contributed by atoms with Crippen LogP contribution in [0.3, 0.4) is 0 Å². The van der Waals surface area contributed by atoms with Crippen molar-refractivity contribution in [2.24, 2.45) is 0 Å². The van der Waals surface area contributed by atoms with Crippen LogP contribution in [0.25, 0.3) is 0 Å². The number of aliphatic carboxylic acids is 2. The van der Waals surface area contributed by atoms with E-state index in [1.54, 1.807) is 0 Å². The van der Waals surface area contributed by atoms with Gasteiger partial charge in [-0.25, -0.2) is 0 Å². The lowest BCUT2D eigenvalue weighted by Gasteiger charge is -2.36. The van der Waals surface area contributed by atoms with Crippen LogP contribution in [0, 0.1) is 0 Å². The molecule has 13 nitrogen and oxygen atoms in total. The third-order valence-electron chi connectivity index (χ3n) is 11.4. The average molecular weight is 936 g/mol. The SMILES string of the molecule is CCCCCCCCN(CCOCCOCCOCCOCCOC(c1ccccc1)(c1ccccc1)c1ccccc1)C(=O)C(COCCCCCCC(=O)O)OCCCCCCC(=O)O. The number of ether oxygens (including phenoxy) is 7. The van der Waals surface area contributed by atoms with E-state index in [1.807, 2.05) is 59.5 Å².